The van der Waals surface area contributed by atoms with E-state index in [-0.39, 0.29) is 11.4 Å². The summed E-state index contributed by atoms with van der Waals surface area (Å²) in [5, 5.41) is 3.82. The van der Waals surface area contributed by atoms with E-state index < -0.39 is 10.0 Å². The van der Waals surface area contributed by atoms with Gasteiger partial charge in [0.15, 0.2) is 0 Å². The normalized spacial score (nSPS) is 12.1. The number of aryl methyl sites for hydroxylation is 2. The van der Waals surface area contributed by atoms with E-state index in [0.29, 0.717) is 15.9 Å². The first-order valence-corrected chi connectivity index (χ1v) is 8.04. The van der Waals surface area contributed by atoms with Crippen molar-refractivity contribution in [1.82, 2.24) is 14.4 Å². The fourth-order valence-electron chi connectivity index (χ4n) is 1.75. The van der Waals surface area contributed by atoms with Crippen molar-refractivity contribution in [2.75, 3.05) is 7.05 Å². The van der Waals surface area contributed by atoms with Gasteiger partial charge in [-0.25, -0.2) is 8.42 Å². The van der Waals surface area contributed by atoms with Gasteiger partial charge in [0.05, 0.1) is 5.69 Å². The van der Waals surface area contributed by atoms with E-state index >= 15 is 0 Å². The maximum Gasteiger partial charge on any atom is 0.244 e. The van der Waals surface area contributed by atoms with Crippen LogP contribution in [0.4, 0.5) is 0 Å². The summed E-state index contributed by atoms with van der Waals surface area (Å²) >= 11 is 3.22. The highest BCUT2D eigenvalue weighted by Crippen LogP contribution is 2.21. The van der Waals surface area contributed by atoms with E-state index in [2.05, 4.69) is 26.1 Å². The van der Waals surface area contributed by atoms with Crippen LogP contribution in [0.5, 0.6) is 0 Å². The van der Waals surface area contributed by atoms with Crippen LogP contribution in [0.25, 0.3) is 0 Å². The molecule has 2 aromatic rings. The first-order chi connectivity index (χ1) is 9.32. The summed E-state index contributed by atoms with van der Waals surface area (Å²) in [5.74, 6) is 0.622. The second-order valence-corrected chi connectivity index (χ2v) is 7.36. The molecule has 0 saturated heterocycles. The van der Waals surface area contributed by atoms with Crippen LogP contribution in [-0.2, 0) is 16.6 Å². The van der Waals surface area contributed by atoms with Gasteiger partial charge in [-0.05, 0) is 35.8 Å². The minimum atomic E-state index is -3.60. The summed E-state index contributed by atoms with van der Waals surface area (Å²) in [7, 11) is -2.08. The number of rotatable bonds is 4. The van der Waals surface area contributed by atoms with Gasteiger partial charge in [0.1, 0.15) is 10.7 Å². The number of pyridine rings is 1. The SMILES string of the molecule is Cc1noc(C)c1CN(C)S(=O)(=O)c1cncc(Br)c1. The first-order valence-electron chi connectivity index (χ1n) is 5.81. The molecule has 8 heteroatoms. The molecule has 0 aliphatic rings. The molecule has 0 spiro atoms. The van der Waals surface area contributed by atoms with Gasteiger partial charge in [0.25, 0.3) is 0 Å². The van der Waals surface area contributed by atoms with Crippen molar-refractivity contribution in [2.24, 2.45) is 0 Å². The monoisotopic (exact) mass is 359 g/mol. The standard InChI is InChI=1S/C12H14BrN3O3S/c1-8-12(9(2)19-15-8)7-16(3)20(17,18)11-4-10(13)5-14-6-11/h4-6H,7H2,1-3H3. The molecule has 0 unspecified atom stereocenters. The average molecular weight is 360 g/mol. The molecule has 0 bridgehead atoms. The third-order valence-corrected chi connectivity index (χ3v) is 5.15. The number of hydrogen-bond acceptors (Lipinski definition) is 5. The third-order valence-electron chi connectivity index (χ3n) is 2.95. The predicted molar refractivity (Wildman–Crippen MR) is 76.6 cm³/mol. The Balaban J connectivity index is 2.31. The number of hydrogen-bond donors (Lipinski definition) is 0. The smallest absolute Gasteiger partial charge is 0.244 e. The van der Waals surface area contributed by atoms with Crippen molar-refractivity contribution < 1.29 is 12.9 Å². The predicted octanol–water partition coefficient (Wildman–Crippen LogP) is 2.27. The molecule has 2 heterocycles. The maximum absolute atomic E-state index is 12.4. The number of nitrogens with zero attached hydrogens (tertiary/aromatic N) is 3. The van der Waals surface area contributed by atoms with Gasteiger partial charge in [-0.15, -0.1) is 0 Å². The van der Waals surface area contributed by atoms with Gasteiger partial charge >= 0.3 is 0 Å². The Morgan fingerprint density at radius 2 is 2.05 bits per heavy atom. The summed E-state index contributed by atoms with van der Waals surface area (Å²) in [6, 6.07) is 1.52. The lowest BCUT2D eigenvalue weighted by Gasteiger charge is -2.16. The Kier molecular flexibility index (Phi) is 4.26. The fourth-order valence-corrected chi connectivity index (χ4v) is 3.39. The summed E-state index contributed by atoms with van der Waals surface area (Å²) < 4.78 is 31.8. The van der Waals surface area contributed by atoms with Crippen molar-refractivity contribution in [3.63, 3.8) is 0 Å². The van der Waals surface area contributed by atoms with Crippen LogP contribution in [-0.4, -0.2) is 29.9 Å². The van der Waals surface area contributed by atoms with E-state index in [0.717, 1.165) is 5.56 Å². The molecular weight excluding hydrogens is 346 g/mol. The fraction of sp³-hybridized carbons (Fsp3) is 0.333. The number of sulfonamides is 1. The van der Waals surface area contributed by atoms with Crippen LogP contribution in [0, 0.1) is 13.8 Å². The number of halogens is 1. The molecule has 0 aliphatic heterocycles. The topological polar surface area (TPSA) is 76.3 Å². The molecule has 0 aromatic carbocycles. The van der Waals surface area contributed by atoms with Gasteiger partial charge in [-0.2, -0.15) is 4.31 Å². The highest BCUT2D eigenvalue weighted by molar-refractivity contribution is 9.10. The molecule has 0 fully saturated rings. The van der Waals surface area contributed by atoms with Crippen molar-refractivity contribution in [3.05, 3.63) is 40.0 Å². The Hall–Kier alpha value is -1.25. The molecule has 0 radical (unpaired) electrons. The second kappa shape index (κ2) is 5.63. The van der Waals surface area contributed by atoms with E-state index in [4.69, 9.17) is 4.52 Å². The van der Waals surface area contributed by atoms with Gasteiger partial charge in [0.2, 0.25) is 10.0 Å². The summed E-state index contributed by atoms with van der Waals surface area (Å²) in [4.78, 5) is 4.02. The minimum absolute atomic E-state index is 0.140. The van der Waals surface area contributed by atoms with Crippen LogP contribution in [0.15, 0.2) is 32.4 Å². The molecular formula is C12H14BrN3O3S. The van der Waals surface area contributed by atoms with Crippen molar-refractivity contribution in [3.8, 4) is 0 Å². The molecule has 2 rings (SSSR count). The zero-order valence-corrected chi connectivity index (χ0v) is 13.7. The van der Waals surface area contributed by atoms with Crippen LogP contribution >= 0.6 is 15.9 Å². The molecule has 0 atom stereocenters. The van der Waals surface area contributed by atoms with Crippen molar-refractivity contribution >= 4 is 26.0 Å². The highest BCUT2D eigenvalue weighted by atomic mass is 79.9. The average Bonchev–Trinajstić information content (AvgIpc) is 2.70. The van der Waals surface area contributed by atoms with E-state index in [1.165, 1.54) is 29.8 Å². The van der Waals surface area contributed by atoms with Crippen LogP contribution < -0.4 is 0 Å². The van der Waals surface area contributed by atoms with Crippen LogP contribution in [0.1, 0.15) is 17.0 Å². The Bertz CT molecular complexity index is 708. The molecule has 20 heavy (non-hydrogen) atoms. The summed E-state index contributed by atoms with van der Waals surface area (Å²) in [5.41, 5.74) is 1.47. The van der Waals surface area contributed by atoms with Gasteiger partial charge in [0, 0.05) is 36.0 Å². The quantitative estimate of drug-likeness (QED) is 0.836. The van der Waals surface area contributed by atoms with Crippen molar-refractivity contribution in [1.29, 1.82) is 0 Å². The largest absolute Gasteiger partial charge is 0.361 e. The van der Waals surface area contributed by atoms with Crippen LogP contribution in [0.2, 0.25) is 0 Å². The molecule has 0 N–H and O–H groups in total. The maximum atomic E-state index is 12.4. The zero-order chi connectivity index (χ0) is 14.9. The van der Waals surface area contributed by atoms with Crippen LogP contribution in [0.3, 0.4) is 0 Å². The molecule has 0 saturated carbocycles. The molecule has 2 aromatic heterocycles. The van der Waals surface area contributed by atoms with E-state index in [9.17, 15) is 8.42 Å². The third kappa shape index (κ3) is 2.92. The Labute approximate surface area is 126 Å². The molecule has 0 amide bonds. The van der Waals surface area contributed by atoms with E-state index in [1.807, 2.05) is 0 Å². The number of aromatic nitrogens is 2. The van der Waals surface area contributed by atoms with E-state index in [1.54, 1.807) is 13.8 Å². The van der Waals surface area contributed by atoms with Gasteiger partial charge < -0.3 is 4.52 Å². The zero-order valence-electron chi connectivity index (χ0n) is 11.3. The lowest BCUT2D eigenvalue weighted by molar-refractivity contribution is 0.390. The summed E-state index contributed by atoms with van der Waals surface area (Å²) in [6.07, 6.45) is 2.86. The van der Waals surface area contributed by atoms with Gasteiger partial charge in [-0.1, -0.05) is 5.16 Å². The Morgan fingerprint density at radius 3 is 2.60 bits per heavy atom. The van der Waals surface area contributed by atoms with Crippen molar-refractivity contribution in [2.45, 2.75) is 25.3 Å². The molecule has 0 aliphatic carbocycles. The highest BCUT2D eigenvalue weighted by Gasteiger charge is 2.24. The lowest BCUT2D eigenvalue weighted by Crippen LogP contribution is -2.27. The first kappa shape index (κ1) is 15.1. The second-order valence-electron chi connectivity index (χ2n) is 4.40. The summed E-state index contributed by atoms with van der Waals surface area (Å²) in [6.45, 7) is 3.75. The molecule has 108 valence electrons. The lowest BCUT2D eigenvalue weighted by atomic mass is 10.2. The Morgan fingerprint density at radius 1 is 1.35 bits per heavy atom. The minimum Gasteiger partial charge on any atom is -0.361 e. The molecule has 6 nitrogen and oxygen atoms in total. The van der Waals surface area contributed by atoms with Gasteiger partial charge in [-0.3, -0.25) is 4.98 Å².